The average Bonchev–Trinajstić information content (AvgIpc) is 3.28. The largest absolute Gasteiger partial charge is 0.496 e. The first-order chi connectivity index (χ1) is 19.0. The molecule has 0 radical (unpaired) electrons. The minimum absolute atomic E-state index is 0.00300. The van der Waals surface area contributed by atoms with E-state index < -0.39 is 28.8 Å². The van der Waals surface area contributed by atoms with Crippen LogP contribution >= 0.6 is 11.3 Å². The van der Waals surface area contributed by atoms with Crippen molar-refractivity contribution in [2.75, 3.05) is 26.9 Å². The molecule has 0 aliphatic carbocycles. The van der Waals surface area contributed by atoms with Crippen molar-refractivity contribution in [3.63, 3.8) is 0 Å². The highest BCUT2D eigenvalue weighted by molar-refractivity contribution is 7.20. The van der Waals surface area contributed by atoms with E-state index >= 15 is 0 Å². The van der Waals surface area contributed by atoms with Crippen LogP contribution < -0.4 is 27.0 Å². The molecule has 1 aromatic carbocycles. The Hall–Kier alpha value is -3.48. The molecule has 3 heterocycles. The normalized spacial score (nSPS) is 15.2. The number of fused-ring (bicyclic) bond motifs is 1. The number of aryl methyl sites for hydroxylation is 1. The standard InChI is InChI=1S/C28H36N4O7S/c1-6-30-23(33)22-16(2)21-24(34)32(28(3,4)26(29)35)27(36)31(25(21)40-22)15-20(39-17-11-13-38-14-12-17)18-9-7-8-10-19(18)37-5/h7-10,17,20H,6,11-15H2,1-5H3,(H2,29,35)(H,30,33)/t20-/m0/s1. The lowest BCUT2D eigenvalue weighted by Gasteiger charge is -2.30. The predicted molar refractivity (Wildman–Crippen MR) is 152 cm³/mol. The molecule has 1 saturated heterocycles. The molecule has 2 aromatic heterocycles. The van der Waals surface area contributed by atoms with E-state index in [2.05, 4.69) is 5.32 Å². The Morgan fingerprint density at radius 1 is 1.23 bits per heavy atom. The molecule has 0 saturated carbocycles. The number of benzene rings is 1. The Morgan fingerprint density at radius 3 is 2.52 bits per heavy atom. The van der Waals surface area contributed by atoms with Crippen LogP contribution in [0.25, 0.3) is 10.2 Å². The van der Waals surface area contributed by atoms with Gasteiger partial charge in [-0.3, -0.25) is 19.0 Å². The van der Waals surface area contributed by atoms with E-state index in [-0.39, 0.29) is 23.9 Å². The molecule has 216 valence electrons. The number of hydrogen-bond acceptors (Lipinski definition) is 8. The second-order valence-electron chi connectivity index (χ2n) is 10.2. The van der Waals surface area contributed by atoms with E-state index in [0.717, 1.165) is 21.5 Å². The third kappa shape index (κ3) is 5.43. The molecule has 1 aliphatic rings. The number of amides is 2. The lowest BCUT2D eigenvalue weighted by molar-refractivity contribution is -0.125. The summed E-state index contributed by atoms with van der Waals surface area (Å²) in [5.41, 5.74) is 3.78. The number of methoxy groups -OCH3 is 1. The summed E-state index contributed by atoms with van der Waals surface area (Å²) in [4.78, 5) is 53.9. The SMILES string of the molecule is CCNC(=O)c1sc2c(c1C)c(=O)n(C(C)(C)C(N)=O)c(=O)n2C[C@H](OC1CCOCC1)c1ccccc1OC. The van der Waals surface area contributed by atoms with E-state index in [9.17, 15) is 19.2 Å². The lowest BCUT2D eigenvalue weighted by Crippen LogP contribution is -2.54. The van der Waals surface area contributed by atoms with Gasteiger partial charge in [-0.1, -0.05) is 18.2 Å². The molecule has 0 spiro atoms. The van der Waals surface area contributed by atoms with Gasteiger partial charge in [0.25, 0.3) is 11.5 Å². The molecule has 1 aliphatic heterocycles. The summed E-state index contributed by atoms with van der Waals surface area (Å²) < 4.78 is 20.0. The Labute approximate surface area is 235 Å². The van der Waals surface area contributed by atoms with Crippen molar-refractivity contribution in [2.45, 2.75) is 64.8 Å². The van der Waals surface area contributed by atoms with Crippen molar-refractivity contribution >= 4 is 33.4 Å². The van der Waals surface area contributed by atoms with Gasteiger partial charge >= 0.3 is 5.69 Å². The smallest absolute Gasteiger partial charge is 0.333 e. The monoisotopic (exact) mass is 572 g/mol. The van der Waals surface area contributed by atoms with Gasteiger partial charge in [0.15, 0.2) is 0 Å². The van der Waals surface area contributed by atoms with Gasteiger partial charge in [0.05, 0.1) is 30.0 Å². The van der Waals surface area contributed by atoms with E-state index in [1.807, 2.05) is 24.3 Å². The quantitative estimate of drug-likeness (QED) is 0.380. The number of nitrogens with two attached hydrogens (primary N) is 1. The Balaban J connectivity index is 1.99. The second-order valence-corrected chi connectivity index (χ2v) is 11.2. The van der Waals surface area contributed by atoms with Crippen LogP contribution in [0.15, 0.2) is 33.9 Å². The zero-order valence-corrected chi connectivity index (χ0v) is 24.3. The number of para-hydroxylation sites is 1. The Morgan fingerprint density at radius 2 is 1.90 bits per heavy atom. The van der Waals surface area contributed by atoms with Crippen molar-refractivity contribution in [3.8, 4) is 5.75 Å². The molecule has 0 bridgehead atoms. The van der Waals surface area contributed by atoms with Crippen LogP contribution in [0.4, 0.5) is 0 Å². The van der Waals surface area contributed by atoms with Crippen molar-refractivity contribution < 1.29 is 23.8 Å². The zero-order chi connectivity index (χ0) is 29.2. The summed E-state index contributed by atoms with van der Waals surface area (Å²) in [6, 6.07) is 7.38. The number of primary amides is 1. The lowest BCUT2D eigenvalue weighted by atomic mass is 10.0. The molecular weight excluding hydrogens is 536 g/mol. The number of carbonyl (C=O) groups excluding carboxylic acids is 2. The minimum atomic E-state index is -1.63. The summed E-state index contributed by atoms with van der Waals surface area (Å²) in [6.07, 6.45) is 0.588. The number of rotatable bonds is 10. The van der Waals surface area contributed by atoms with Gasteiger partial charge in [0.2, 0.25) is 5.91 Å². The molecule has 3 aromatic rings. The van der Waals surface area contributed by atoms with Crippen molar-refractivity contribution in [1.82, 2.24) is 14.5 Å². The highest BCUT2D eigenvalue weighted by Gasteiger charge is 2.35. The first-order valence-electron chi connectivity index (χ1n) is 13.3. The maximum Gasteiger partial charge on any atom is 0.333 e. The van der Waals surface area contributed by atoms with Crippen molar-refractivity contribution in [3.05, 3.63) is 61.1 Å². The van der Waals surface area contributed by atoms with Gasteiger partial charge < -0.3 is 25.3 Å². The van der Waals surface area contributed by atoms with Gasteiger partial charge in [-0.25, -0.2) is 9.36 Å². The van der Waals surface area contributed by atoms with Gasteiger partial charge in [-0.15, -0.1) is 11.3 Å². The van der Waals surface area contributed by atoms with Crippen LogP contribution in [0.3, 0.4) is 0 Å². The van der Waals surface area contributed by atoms with E-state index in [4.69, 9.17) is 19.9 Å². The van der Waals surface area contributed by atoms with Crippen molar-refractivity contribution in [2.24, 2.45) is 5.73 Å². The van der Waals surface area contributed by atoms with Crippen molar-refractivity contribution in [1.29, 1.82) is 0 Å². The van der Waals surface area contributed by atoms with Crippen LogP contribution in [0, 0.1) is 6.92 Å². The number of nitrogens with one attached hydrogen (secondary N) is 1. The van der Waals surface area contributed by atoms with Gasteiger partial charge in [-0.2, -0.15) is 0 Å². The molecular formula is C28H36N4O7S. The first kappa shape index (κ1) is 29.5. The number of nitrogens with zero attached hydrogens (tertiary/aromatic N) is 2. The summed E-state index contributed by atoms with van der Waals surface area (Å²) in [7, 11) is 1.56. The fourth-order valence-electron chi connectivity index (χ4n) is 4.93. The van der Waals surface area contributed by atoms with Gasteiger partial charge in [0.1, 0.15) is 22.2 Å². The highest BCUT2D eigenvalue weighted by atomic mass is 32.1. The molecule has 4 rings (SSSR count). The molecule has 1 atom stereocenters. The third-order valence-electron chi connectivity index (χ3n) is 7.28. The van der Waals surface area contributed by atoms with Crippen LogP contribution in [0.2, 0.25) is 0 Å². The van der Waals surface area contributed by atoms with E-state index in [1.54, 1.807) is 21.0 Å². The molecule has 0 unspecified atom stereocenters. The first-order valence-corrected chi connectivity index (χ1v) is 14.1. The maximum absolute atomic E-state index is 14.1. The van der Waals surface area contributed by atoms with Crippen LogP contribution in [-0.2, 0) is 26.4 Å². The summed E-state index contributed by atoms with van der Waals surface area (Å²) in [5.74, 6) is -0.603. The molecule has 3 N–H and O–H groups in total. The molecule has 2 amide bonds. The predicted octanol–water partition coefficient (Wildman–Crippen LogP) is 2.45. The summed E-state index contributed by atoms with van der Waals surface area (Å²) in [5, 5.41) is 2.95. The highest BCUT2D eigenvalue weighted by Crippen LogP contribution is 2.34. The van der Waals surface area contributed by atoms with E-state index in [1.165, 1.54) is 18.4 Å². The summed E-state index contributed by atoms with van der Waals surface area (Å²) in [6.45, 7) is 7.83. The average molecular weight is 573 g/mol. The fourth-order valence-corrected chi connectivity index (χ4v) is 6.14. The van der Waals surface area contributed by atoms with Gasteiger partial charge in [0, 0.05) is 25.3 Å². The second kappa shape index (κ2) is 11.9. The van der Waals surface area contributed by atoms with E-state index in [0.29, 0.717) is 53.6 Å². The number of carbonyl (C=O) groups is 2. The molecule has 1 fully saturated rings. The van der Waals surface area contributed by atoms with Crippen LogP contribution in [0.1, 0.15) is 60.5 Å². The molecule has 12 heteroatoms. The number of aromatic nitrogens is 2. The Bertz CT molecular complexity index is 1530. The minimum Gasteiger partial charge on any atom is -0.496 e. The zero-order valence-electron chi connectivity index (χ0n) is 23.4. The Kier molecular flexibility index (Phi) is 8.81. The maximum atomic E-state index is 14.1. The number of thiophene rings is 1. The number of hydrogen-bond donors (Lipinski definition) is 2. The summed E-state index contributed by atoms with van der Waals surface area (Å²) >= 11 is 1.06. The molecule has 40 heavy (non-hydrogen) atoms. The van der Waals surface area contributed by atoms with Gasteiger partial charge in [-0.05, 0) is 52.2 Å². The topological polar surface area (TPSA) is 144 Å². The van der Waals surface area contributed by atoms with Crippen LogP contribution in [-0.4, -0.2) is 53.9 Å². The molecule has 11 nitrogen and oxygen atoms in total. The fraction of sp³-hybridized carbons (Fsp3) is 0.500. The number of ether oxygens (including phenoxy) is 3. The van der Waals surface area contributed by atoms with Crippen LogP contribution in [0.5, 0.6) is 5.75 Å². The third-order valence-corrected chi connectivity index (χ3v) is 8.59.